The van der Waals surface area contributed by atoms with Crippen molar-refractivity contribution in [2.24, 2.45) is 5.92 Å². The third-order valence-electron chi connectivity index (χ3n) is 0.827. The SMILES string of the molecule is [CH2]C(CCO)C(=O)O. The molecule has 0 spiro atoms. The molecule has 0 amide bonds. The van der Waals surface area contributed by atoms with E-state index in [9.17, 15) is 4.79 Å². The van der Waals surface area contributed by atoms with E-state index < -0.39 is 11.9 Å². The molecule has 0 bridgehead atoms. The van der Waals surface area contributed by atoms with Gasteiger partial charge in [-0.2, -0.15) is 0 Å². The van der Waals surface area contributed by atoms with Gasteiger partial charge in [-0.15, -0.1) is 0 Å². The standard InChI is InChI=1S/C5H9O3/c1-4(2-3-6)5(7)8/h4,6H,1-3H2,(H,7,8). The van der Waals surface area contributed by atoms with E-state index in [0.717, 1.165) is 0 Å². The van der Waals surface area contributed by atoms with Crippen molar-refractivity contribution in [1.29, 1.82) is 0 Å². The van der Waals surface area contributed by atoms with Crippen molar-refractivity contribution < 1.29 is 15.0 Å². The second kappa shape index (κ2) is 3.43. The quantitative estimate of drug-likeness (QED) is 0.542. The highest BCUT2D eigenvalue weighted by atomic mass is 16.4. The van der Waals surface area contributed by atoms with Crippen molar-refractivity contribution in [3.63, 3.8) is 0 Å². The molecule has 1 atom stereocenters. The number of rotatable bonds is 3. The Bertz CT molecular complexity index is 79.7. The van der Waals surface area contributed by atoms with Crippen LogP contribution in [0.3, 0.4) is 0 Å². The fourth-order valence-corrected chi connectivity index (χ4v) is 0.279. The van der Waals surface area contributed by atoms with E-state index in [1.807, 2.05) is 0 Å². The molecule has 47 valence electrons. The summed E-state index contributed by atoms with van der Waals surface area (Å²) in [6.07, 6.45) is 0.231. The molecule has 0 aliphatic rings. The van der Waals surface area contributed by atoms with Crippen molar-refractivity contribution >= 4 is 5.97 Å². The second-order valence-electron chi connectivity index (χ2n) is 1.55. The lowest BCUT2D eigenvalue weighted by atomic mass is 10.1. The van der Waals surface area contributed by atoms with E-state index in [0.29, 0.717) is 0 Å². The van der Waals surface area contributed by atoms with E-state index in [-0.39, 0.29) is 13.0 Å². The zero-order valence-corrected chi connectivity index (χ0v) is 4.50. The van der Waals surface area contributed by atoms with E-state index in [1.54, 1.807) is 0 Å². The number of aliphatic carboxylic acids is 1. The van der Waals surface area contributed by atoms with Crippen LogP contribution in [0.1, 0.15) is 6.42 Å². The number of carbonyl (C=O) groups is 1. The summed E-state index contributed by atoms with van der Waals surface area (Å²) in [4.78, 5) is 9.92. The van der Waals surface area contributed by atoms with Crippen LogP contribution in [0.15, 0.2) is 0 Å². The lowest BCUT2D eigenvalue weighted by Crippen LogP contribution is -2.10. The molecule has 0 saturated carbocycles. The summed E-state index contributed by atoms with van der Waals surface area (Å²) in [6, 6.07) is 0. The molecule has 0 rings (SSSR count). The van der Waals surface area contributed by atoms with Crippen LogP contribution >= 0.6 is 0 Å². The molecule has 0 aliphatic carbocycles. The van der Waals surface area contributed by atoms with Gasteiger partial charge in [0.1, 0.15) is 0 Å². The Balaban J connectivity index is 3.32. The van der Waals surface area contributed by atoms with Crippen molar-refractivity contribution in [2.45, 2.75) is 6.42 Å². The minimum atomic E-state index is -0.959. The van der Waals surface area contributed by atoms with Gasteiger partial charge in [0.2, 0.25) is 0 Å². The normalized spacial score (nSPS) is 13.2. The van der Waals surface area contributed by atoms with Crippen molar-refractivity contribution in [2.75, 3.05) is 6.61 Å². The molecular formula is C5H9O3. The van der Waals surface area contributed by atoms with Crippen LogP contribution in [0.2, 0.25) is 0 Å². The monoisotopic (exact) mass is 117 g/mol. The van der Waals surface area contributed by atoms with E-state index >= 15 is 0 Å². The molecule has 8 heavy (non-hydrogen) atoms. The highest BCUT2D eigenvalue weighted by molar-refractivity contribution is 5.70. The first-order valence-corrected chi connectivity index (χ1v) is 2.35. The fraction of sp³-hybridized carbons (Fsp3) is 0.600. The molecule has 1 radical (unpaired) electrons. The van der Waals surface area contributed by atoms with Gasteiger partial charge in [-0.05, 0) is 13.3 Å². The fourth-order valence-electron chi connectivity index (χ4n) is 0.279. The molecule has 0 aromatic heterocycles. The summed E-state index contributed by atoms with van der Waals surface area (Å²) in [5.41, 5.74) is 0. The summed E-state index contributed by atoms with van der Waals surface area (Å²) in [5, 5.41) is 16.3. The van der Waals surface area contributed by atoms with Crippen LogP contribution in [-0.2, 0) is 4.79 Å². The highest BCUT2D eigenvalue weighted by Gasteiger charge is 2.08. The highest BCUT2D eigenvalue weighted by Crippen LogP contribution is 1.97. The minimum Gasteiger partial charge on any atom is -0.481 e. The third-order valence-corrected chi connectivity index (χ3v) is 0.827. The molecule has 3 heteroatoms. The minimum absolute atomic E-state index is 0.111. The van der Waals surface area contributed by atoms with Gasteiger partial charge in [-0.1, -0.05) is 0 Å². The van der Waals surface area contributed by atoms with Crippen LogP contribution in [0, 0.1) is 12.8 Å². The molecule has 1 unspecified atom stereocenters. The number of aliphatic hydroxyl groups is 1. The lowest BCUT2D eigenvalue weighted by Gasteiger charge is -1.99. The Morgan fingerprint density at radius 2 is 2.25 bits per heavy atom. The predicted molar refractivity (Wildman–Crippen MR) is 28.2 cm³/mol. The Morgan fingerprint density at radius 3 is 2.38 bits per heavy atom. The molecular weight excluding hydrogens is 108 g/mol. The average molecular weight is 117 g/mol. The first kappa shape index (κ1) is 7.43. The van der Waals surface area contributed by atoms with Gasteiger partial charge in [0, 0.05) is 6.61 Å². The summed E-state index contributed by atoms with van der Waals surface area (Å²) in [6.45, 7) is 3.16. The smallest absolute Gasteiger partial charge is 0.306 e. The van der Waals surface area contributed by atoms with Crippen molar-refractivity contribution in [1.82, 2.24) is 0 Å². The van der Waals surface area contributed by atoms with Gasteiger partial charge in [-0.25, -0.2) is 0 Å². The van der Waals surface area contributed by atoms with Crippen LogP contribution in [0.4, 0.5) is 0 Å². The number of carboxylic acid groups (broad SMARTS) is 1. The topological polar surface area (TPSA) is 57.5 Å². The molecule has 0 heterocycles. The van der Waals surface area contributed by atoms with E-state index in [2.05, 4.69) is 6.92 Å². The van der Waals surface area contributed by atoms with Gasteiger partial charge in [0.15, 0.2) is 0 Å². The molecule has 3 nitrogen and oxygen atoms in total. The molecule has 0 aromatic carbocycles. The molecule has 0 fully saturated rings. The maximum atomic E-state index is 9.92. The molecule has 0 saturated heterocycles. The summed E-state index contributed by atoms with van der Waals surface area (Å²) < 4.78 is 0. The van der Waals surface area contributed by atoms with Crippen LogP contribution in [0.5, 0.6) is 0 Å². The van der Waals surface area contributed by atoms with Gasteiger partial charge in [-0.3, -0.25) is 4.79 Å². The first-order chi connectivity index (χ1) is 3.68. The summed E-state index contributed by atoms with van der Waals surface area (Å²) in [7, 11) is 0. The molecule has 2 N–H and O–H groups in total. The zero-order valence-electron chi connectivity index (χ0n) is 4.50. The number of aliphatic hydroxyl groups excluding tert-OH is 1. The van der Waals surface area contributed by atoms with Crippen LogP contribution < -0.4 is 0 Å². The van der Waals surface area contributed by atoms with E-state index in [4.69, 9.17) is 10.2 Å². The maximum absolute atomic E-state index is 9.92. The number of hydrogen-bond donors (Lipinski definition) is 2. The van der Waals surface area contributed by atoms with Gasteiger partial charge < -0.3 is 10.2 Å². The van der Waals surface area contributed by atoms with E-state index in [1.165, 1.54) is 0 Å². The lowest BCUT2D eigenvalue weighted by molar-refractivity contribution is -0.140. The maximum Gasteiger partial charge on any atom is 0.306 e. The number of hydrogen-bond acceptors (Lipinski definition) is 2. The largest absolute Gasteiger partial charge is 0.481 e. The van der Waals surface area contributed by atoms with Gasteiger partial charge in [0.05, 0.1) is 5.92 Å². The number of carboxylic acids is 1. The Hall–Kier alpha value is -0.570. The van der Waals surface area contributed by atoms with Crippen LogP contribution in [0.25, 0.3) is 0 Å². The third kappa shape index (κ3) is 2.58. The zero-order chi connectivity index (χ0) is 6.57. The predicted octanol–water partition coefficient (Wildman–Crippen LogP) is -0.0963. The molecule has 0 aromatic rings. The average Bonchev–Trinajstić information content (AvgIpc) is 1.67. The van der Waals surface area contributed by atoms with Crippen molar-refractivity contribution in [3.8, 4) is 0 Å². The summed E-state index contributed by atoms with van der Waals surface area (Å²) >= 11 is 0. The Labute approximate surface area is 47.9 Å². The van der Waals surface area contributed by atoms with Crippen molar-refractivity contribution in [3.05, 3.63) is 6.92 Å². The first-order valence-electron chi connectivity index (χ1n) is 2.35. The Morgan fingerprint density at radius 1 is 1.75 bits per heavy atom. The molecule has 0 aliphatic heterocycles. The second-order valence-corrected chi connectivity index (χ2v) is 1.55. The summed E-state index contributed by atoms with van der Waals surface area (Å²) in [5.74, 6) is -1.63. The Kier molecular flexibility index (Phi) is 3.19. The van der Waals surface area contributed by atoms with Crippen LogP contribution in [-0.4, -0.2) is 22.8 Å². The van der Waals surface area contributed by atoms with Gasteiger partial charge >= 0.3 is 5.97 Å². The van der Waals surface area contributed by atoms with Gasteiger partial charge in [0.25, 0.3) is 0 Å².